The second-order valence-electron chi connectivity index (χ2n) is 7.34. The molecular formula is C24H27FN5+. The second kappa shape index (κ2) is 9.05. The molecule has 2 heterocycles. The van der Waals surface area contributed by atoms with E-state index in [0.717, 1.165) is 54.5 Å². The summed E-state index contributed by atoms with van der Waals surface area (Å²) in [5, 5.41) is 8.25. The summed E-state index contributed by atoms with van der Waals surface area (Å²) in [6.07, 6.45) is 0. The molecule has 4 aromatic rings. The first-order valence-electron chi connectivity index (χ1n) is 10.5. The highest BCUT2D eigenvalue weighted by molar-refractivity contribution is 5.70. The van der Waals surface area contributed by atoms with Crippen LogP contribution in [0.5, 0.6) is 0 Å². The summed E-state index contributed by atoms with van der Waals surface area (Å²) < 4.78 is 15.5. The molecule has 5 nitrogen and oxygen atoms in total. The number of quaternary nitrogens is 1. The summed E-state index contributed by atoms with van der Waals surface area (Å²) in [5.41, 5.74) is 4.09. The molecule has 0 aliphatic carbocycles. The van der Waals surface area contributed by atoms with E-state index in [4.69, 9.17) is 10.1 Å². The van der Waals surface area contributed by atoms with Gasteiger partial charge in [-0.15, -0.1) is 0 Å². The average molecular weight is 405 g/mol. The van der Waals surface area contributed by atoms with E-state index in [1.807, 2.05) is 53.0 Å². The highest BCUT2D eigenvalue weighted by atomic mass is 19.1. The lowest BCUT2D eigenvalue weighted by atomic mass is 10.1. The first-order chi connectivity index (χ1) is 14.7. The summed E-state index contributed by atoms with van der Waals surface area (Å²) in [5.74, 6) is 0.607. The van der Waals surface area contributed by atoms with Crippen LogP contribution in [-0.2, 0) is 0 Å². The highest BCUT2D eigenvalue weighted by Gasteiger charge is 2.13. The molecule has 0 spiro atoms. The molecule has 4 rings (SSSR count). The van der Waals surface area contributed by atoms with Gasteiger partial charge in [0.1, 0.15) is 11.6 Å². The lowest BCUT2D eigenvalue weighted by Gasteiger charge is -2.16. The first-order valence-corrected chi connectivity index (χ1v) is 10.5. The Morgan fingerprint density at radius 2 is 1.67 bits per heavy atom. The molecule has 0 bridgehead atoms. The molecular weight excluding hydrogens is 377 g/mol. The predicted octanol–water partition coefficient (Wildman–Crippen LogP) is 3.54. The van der Waals surface area contributed by atoms with Gasteiger partial charge < -0.3 is 10.2 Å². The number of aromatic nitrogens is 3. The number of rotatable bonds is 8. The number of nitrogens with zero attached hydrogens (tertiary/aromatic N) is 3. The number of anilines is 1. The molecule has 0 amide bonds. The van der Waals surface area contributed by atoms with Crippen molar-refractivity contribution in [3.63, 3.8) is 0 Å². The van der Waals surface area contributed by atoms with Crippen LogP contribution in [0.15, 0.2) is 66.7 Å². The van der Waals surface area contributed by atoms with Crippen LogP contribution < -0.4 is 10.2 Å². The second-order valence-corrected chi connectivity index (χ2v) is 7.34. The number of hydrogen-bond acceptors (Lipinski definition) is 3. The van der Waals surface area contributed by atoms with Gasteiger partial charge in [-0.05, 0) is 26.0 Å². The van der Waals surface area contributed by atoms with Gasteiger partial charge in [0.05, 0.1) is 37.6 Å². The first kappa shape index (κ1) is 20.0. The molecule has 0 atom stereocenters. The zero-order valence-corrected chi connectivity index (χ0v) is 17.4. The summed E-state index contributed by atoms with van der Waals surface area (Å²) in [6.45, 7) is 8.47. The maximum Gasteiger partial charge on any atom is 0.158 e. The van der Waals surface area contributed by atoms with E-state index in [9.17, 15) is 4.39 Å². The number of benzene rings is 2. The minimum atomic E-state index is -0.275. The zero-order valence-electron chi connectivity index (χ0n) is 17.4. The van der Waals surface area contributed by atoms with Crippen LogP contribution in [-0.4, -0.2) is 40.8 Å². The van der Waals surface area contributed by atoms with Crippen molar-refractivity contribution in [2.24, 2.45) is 0 Å². The van der Waals surface area contributed by atoms with Crippen LogP contribution in [0.3, 0.4) is 0 Å². The van der Waals surface area contributed by atoms with Crippen molar-refractivity contribution in [2.75, 3.05) is 31.5 Å². The van der Waals surface area contributed by atoms with E-state index >= 15 is 0 Å². The van der Waals surface area contributed by atoms with Crippen molar-refractivity contribution in [3.8, 4) is 22.5 Å². The predicted molar refractivity (Wildman–Crippen MR) is 119 cm³/mol. The van der Waals surface area contributed by atoms with E-state index in [1.165, 1.54) is 17.0 Å². The van der Waals surface area contributed by atoms with E-state index in [-0.39, 0.29) is 5.82 Å². The minimum Gasteiger partial charge on any atom is -0.364 e. The fourth-order valence-corrected chi connectivity index (χ4v) is 3.62. The third kappa shape index (κ3) is 4.33. The molecule has 154 valence electrons. The minimum absolute atomic E-state index is 0.275. The van der Waals surface area contributed by atoms with Gasteiger partial charge >= 0.3 is 0 Å². The van der Waals surface area contributed by atoms with Crippen molar-refractivity contribution in [2.45, 2.75) is 13.8 Å². The van der Waals surface area contributed by atoms with E-state index in [0.29, 0.717) is 5.69 Å². The molecule has 0 radical (unpaired) electrons. The smallest absolute Gasteiger partial charge is 0.158 e. The molecule has 0 fully saturated rings. The molecule has 0 saturated carbocycles. The van der Waals surface area contributed by atoms with Gasteiger partial charge in [-0.1, -0.05) is 42.5 Å². The van der Waals surface area contributed by atoms with Crippen LogP contribution in [0, 0.1) is 5.82 Å². The standard InChI is InChI=1S/C24H26FN5/c1-3-29(4-2)14-13-26-23-16-21(18-9-6-5-7-10-18)27-24-17-22(28-30(23)24)19-11-8-12-20(25)15-19/h5-12,15-17,26H,3-4,13-14H2,1-2H3/p+1. The van der Waals surface area contributed by atoms with Crippen LogP contribution in [0.2, 0.25) is 0 Å². The molecule has 6 heteroatoms. The van der Waals surface area contributed by atoms with Gasteiger partial charge in [0.2, 0.25) is 0 Å². The maximum absolute atomic E-state index is 13.7. The van der Waals surface area contributed by atoms with Gasteiger partial charge in [0.15, 0.2) is 5.65 Å². The Morgan fingerprint density at radius 3 is 2.40 bits per heavy atom. The Kier molecular flexibility index (Phi) is 6.05. The lowest BCUT2D eigenvalue weighted by molar-refractivity contribution is -0.894. The Labute approximate surface area is 176 Å². The monoisotopic (exact) mass is 404 g/mol. The molecule has 0 unspecified atom stereocenters. The molecule has 0 aliphatic heterocycles. The maximum atomic E-state index is 13.7. The lowest BCUT2D eigenvalue weighted by Crippen LogP contribution is -3.12. The van der Waals surface area contributed by atoms with Gasteiger partial charge in [-0.3, -0.25) is 0 Å². The van der Waals surface area contributed by atoms with E-state index in [1.54, 1.807) is 6.07 Å². The summed E-state index contributed by atoms with van der Waals surface area (Å²) in [6, 6.07) is 20.5. The van der Waals surface area contributed by atoms with Crippen LogP contribution >= 0.6 is 0 Å². The van der Waals surface area contributed by atoms with Gasteiger partial charge in [-0.2, -0.15) is 9.61 Å². The number of hydrogen-bond donors (Lipinski definition) is 2. The van der Waals surface area contributed by atoms with Crippen LogP contribution in [0.1, 0.15) is 13.8 Å². The number of halogens is 1. The van der Waals surface area contributed by atoms with Crippen molar-refractivity contribution in [3.05, 3.63) is 72.5 Å². The van der Waals surface area contributed by atoms with Crippen molar-refractivity contribution in [1.82, 2.24) is 14.6 Å². The van der Waals surface area contributed by atoms with E-state index in [2.05, 4.69) is 19.2 Å². The quantitative estimate of drug-likeness (QED) is 0.472. The fraction of sp³-hybridized carbons (Fsp3) is 0.250. The average Bonchev–Trinajstić information content (AvgIpc) is 3.22. The fourth-order valence-electron chi connectivity index (χ4n) is 3.62. The molecule has 2 N–H and O–H groups in total. The normalized spacial score (nSPS) is 11.3. The largest absolute Gasteiger partial charge is 0.364 e. The van der Waals surface area contributed by atoms with Crippen molar-refractivity contribution in [1.29, 1.82) is 0 Å². The highest BCUT2D eigenvalue weighted by Crippen LogP contribution is 2.26. The zero-order chi connectivity index (χ0) is 20.9. The summed E-state index contributed by atoms with van der Waals surface area (Å²) in [4.78, 5) is 6.35. The third-order valence-electron chi connectivity index (χ3n) is 5.40. The Hall–Kier alpha value is -3.25. The SMILES string of the molecule is CC[NH+](CC)CCNc1cc(-c2ccccc2)nc2cc(-c3cccc(F)c3)nn12. The van der Waals surface area contributed by atoms with Gasteiger partial charge in [0, 0.05) is 23.3 Å². The van der Waals surface area contributed by atoms with Crippen molar-refractivity contribution >= 4 is 11.5 Å². The topological polar surface area (TPSA) is 46.7 Å². The van der Waals surface area contributed by atoms with Crippen LogP contribution in [0.4, 0.5) is 10.2 Å². The summed E-state index contributed by atoms with van der Waals surface area (Å²) >= 11 is 0. The molecule has 0 saturated heterocycles. The number of fused-ring (bicyclic) bond motifs is 1. The van der Waals surface area contributed by atoms with E-state index < -0.39 is 0 Å². The molecule has 2 aromatic heterocycles. The Morgan fingerprint density at radius 1 is 0.900 bits per heavy atom. The number of likely N-dealkylation sites (N-methyl/N-ethyl adjacent to an activating group) is 1. The summed E-state index contributed by atoms with van der Waals surface area (Å²) in [7, 11) is 0. The Bertz CT molecular complexity index is 1120. The molecule has 0 aliphatic rings. The Balaban J connectivity index is 1.74. The van der Waals surface area contributed by atoms with Crippen molar-refractivity contribution < 1.29 is 9.29 Å². The number of nitrogens with one attached hydrogen (secondary N) is 2. The van der Waals surface area contributed by atoms with Gasteiger partial charge in [-0.25, -0.2) is 9.37 Å². The van der Waals surface area contributed by atoms with Gasteiger partial charge in [0.25, 0.3) is 0 Å². The van der Waals surface area contributed by atoms with Crippen LogP contribution in [0.25, 0.3) is 28.2 Å². The molecule has 2 aromatic carbocycles. The molecule has 30 heavy (non-hydrogen) atoms. The third-order valence-corrected chi connectivity index (χ3v) is 5.40.